The van der Waals surface area contributed by atoms with Crippen LogP contribution in [0.4, 0.5) is 0 Å². The highest BCUT2D eigenvalue weighted by Crippen LogP contribution is 2.53. The zero-order valence-electron chi connectivity index (χ0n) is 34.8. The molecule has 292 valence electrons. The van der Waals surface area contributed by atoms with E-state index in [0.29, 0.717) is 5.92 Å². The van der Waals surface area contributed by atoms with E-state index >= 15 is 0 Å². The Hall–Kier alpha value is -6.90. The minimum atomic E-state index is -0.102. The number of para-hydroxylation sites is 2. The number of nitrogens with zero attached hydrogens (tertiary/aromatic N) is 2. The molecule has 2 heteroatoms. The predicted octanol–water partition coefficient (Wildman–Crippen LogP) is 15.8. The van der Waals surface area contributed by atoms with Gasteiger partial charge in [-0.25, -0.2) is 0 Å². The second-order valence-electron chi connectivity index (χ2n) is 18.3. The maximum Gasteiger partial charge on any atom is 0.0541 e. The van der Waals surface area contributed by atoms with Gasteiger partial charge in [0.15, 0.2) is 0 Å². The summed E-state index contributed by atoms with van der Waals surface area (Å²) in [6.45, 7) is 4.88. The van der Waals surface area contributed by atoms with Crippen molar-refractivity contribution in [2.45, 2.75) is 51.4 Å². The standard InChI is InChI=1S/C59H46N2/c1-59(2)53-35-43(41-23-29-57-51(33-41)49-15-7-9-17-55(49)60(57)45-25-19-37-11-3-5-13-39(37)31-45)21-27-47(53)48-28-22-44(36-54(48)59)42-24-30-58-52(34-42)50-16-8-10-18-56(50)61(58)46-26-20-38-12-4-6-14-40(38)32-46/h3,5-11,13-19,21,23-27,29-36,38H,4,12,20,22,28H2,1-2H3. The molecule has 7 aromatic carbocycles. The van der Waals surface area contributed by atoms with Crippen LogP contribution in [0.5, 0.6) is 0 Å². The molecule has 0 aliphatic heterocycles. The summed E-state index contributed by atoms with van der Waals surface area (Å²) in [6.07, 6.45) is 17.9. The van der Waals surface area contributed by atoms with Gasteiger partial charge in [-0.15, -0.1) is 0 Å². The normalized spacial score (nSPS) is 18.1. The molecular weight excluding hydrogens is 737 g/mol. The summed E-state index contributed by atoms with van der Waals surface area (Å²) in [5.41, 5.74) is 20.1. The monoisotopic (exact) mass is 782 g/mol. The topological polar surface area (TPSA) is 9.86 Å². The fourth-order valence-electron chi connectivity index (χ4n) is 11.5. The van der Waals surface area contributed by atoms with E-state index in [4.69, 9.17) is 0 Å². The maximum absolute atomic E-state index is 2.55. The molecule has 0 bridgehead atoms. The van der Waals surface area contributed by atoms with Crippen LogP contribution in [-0.4, -0.2) is 9.13 Å². The third-order valence-corrected chi connectivity index (χ3v) is 14.7. The van der Waals surface area contributed by atoms with E-state index in [9.17, 15) is 0 Å². The molecule has 0 N–H and O–H groups in total. The summed E-state index contributed by atoms with van der Waals surface area (Å²) < 4.78 is 4.93. The predicted molar refractivity (Wildman–Crippen MR) is 259 cm³/mol. The largest absolute Gasteiger partial charge is 0.310 e. The molecule has 0 spiro atoms. The molecule has 9 aromatic rings. The lowest BCUT2D eigenvalue weighted by molar-refractivity contribution is 0.566. The van der Waals surface area contributed by atoms with E-state index in [1.807, 2.05) is 0 Å². The first-order valence-corrected chi connectivity index (χ1v) is 22.2. The number of allylic oxidation sites excluding steroid dienone is 10. The molecule has 61 heavy (non-hydrogen) atoms. The van der Waals surface area contributed by atoms with Crippen LogP contribution in [0.3, 0.4) is 0 Å². The Balaban J connectivity index is 0.860. The van der Waals surface area contributed by atoms with Gasteiger partial charge in [0.2, 0.25) is 0 Å². The lowest BCUT2D eigenvalue weighted by Gasteiger charge is -2.26. The third-order valence-electron chi connectivity index (χ3n) is 14.7. The second kappa shape index (κ2) is 13.0. The van der Waals surface area contributed by atoms with Crippen molar-refractivity contribution < 1.29 is 0 Å². The Morgan fingerprint density at radius 1 is 0.557 bits per heavy atom. The molecule has 1 unspecified atom stereocenters. The Labute approximate surface area is 356 Å². The molecule has 4 aliphatic carbocycles. The Bertz CT molecular complexity index is 3530. The molecule has 0 saturated carbocycles. The average Bonchev–Trinajstić information content (AvgIpc) is 3.90. The van der Waals surface area contributed by atoms with Crippen molar-refractivity contribution in [1.82, 2.24) is 9.13 Å². The van der Waals surface area contributed by atoms with Crippen molar-refractivity contribution in [3.05, 3.63) is 204 Å². The minimum Gasteiger partial charge on any atom is -0.310 e. The fourth-order valence-corrected chi connectivity index (χ4v) is 11.5. The average molecular weight is 783 g/mol. The summed E-state index contributed by atoms with van der Waals surface area (Å²) in [4.78, 5) is 0. The lowest BCUT2D eigenvalue weighted by Crippen LogP contribution is -2.17. The van der Waals surface area contributed by atoms with Crippen molar-refractivity contribution in [2.24, 2.45) is 5.92 Å². The third kappa shape index (κ3) is 5.21. The van der Waals surface area contributed by atoms with E-state index in [1.165, 1.54) is 129 Å². The molecule has 0 saturated heterocycles. The van der Waals surface area contributed by atoms with Crippen LogP contribution in [0, 0.1) is 5.92 Å². The Morgan fingerprint density at radius 2 is 1.23 bits per heavy atom. The van der Waals surface area contributed by atoms with Gasteiger partial charge in [-0.05, 0) is 160 Å². The van der Waals surface area contributed by atoms with Crippen LogP contribution in [0.25, 0.3) is 88.0 Å². The molecule has 2 aromatic heterocycles. The fraction of sp³-hybridized carbons (Fsp3) is 0.153. The first-order valence-electron chi connectivity index (χ1n) is 22.2. The van der Waals surface area contributed by atoms with Gasteiger partial charge in [0, 0.05) is 38.3 Å². The first-order chi connectivity index (χ1) is 30.0. The lowest BCUT2D eigenvalue weighted by atomic mass is 9.77. The minimum absolute atomic E-state index is 0.102. The number of fused-ring (bicyclic) bond motifs is 10. The Morgan fingerprint density at radius 3 is 2.07 bits per heavy atom. The summed E-state index contributed by atoms with van der Waals surface area (Å²) in [6, 6.07) is 54.9. The molecule has 0 amide bonds. The zero-order chi connectivity index (χ0) is 40.4. The van der Waals surface area contributed by atoms with Gasteiger partial charge in [-0.2, -0.15) is 0 Å². The molecule has 1 atom stereocenters. The van der Waals surface area contributed by atoms with Crippen molar-refractivity contribution in [1.29, 1.82) is 0 Å². The smallest absolute Gasteiger partial charge is 0.0541 e. The zero-order valence-corrected chi connectivity index (χ0v) is 34.8. The SMILES string of the molecule is CC1(C)C2=C(CCC(c3ccc4c(c3)c3ccccc3n4C3=CCC4CCC=CC4=C3)=C2)c2ccc(-c3ccc4c(c3)c3ccccc3n4-c3ccc4ccccc4c3)cc21. The van der Waals surface area contributed by atoms with Crippen LogP contribution >= 0.6 is 0 Å². The Kier molecular flexibility index (Phi) is 7.47. The first kappa shape index (κ1) is 34.9. The van der Waals surface area contributed by atoms with Gasteiger partial charge in [0.25, 0.3) is 0 Å². The van der Waals surface area contributed by atoms with Crippen LogP contribution in [0.1, 0.15) is 62.6 Å². The van der Waals surface area contributed by atoms with E-state index < -0.39 is 0 Å². The van der Waals surface area contributed by atoms with Crippen LogP contribution < -0.4 is 0 Å². The molecule has 2 nitrogen and oxygen atoms in total. The van der Waals surface area contributed by atoms with Crippen LogP contribution in [0.2, 0.25) is 0 Å². The quantitative estimate of drug-likeness (QED) is 0.168. The summed E-state index contributed by atoms with van der Waals surface area (Å²) >= 11 is 0. The van der Waals surface area contributed by atoms with Gasteiger partial charge in [0.1, 0.15) is 0 Å². The van der Waals surface area contributed by atoms with Crippen LogP contribution in [0.15, 0.2) is 187 Å². The molecule has 4 aliphatic rings. The van der Waals surface area contributed by atoms with Crippen molar-refractivity contribution in [3.8, 4) is 16.8 Å². The summed E-state index contributed by atoms with van der Waals surface area (Å²) in [7, 11) is 0. The molecule has 13 rings (SSSR count). The number of rotatable bonds is 4. The van der Waals surface area contributed by atoms with Gasteiger partial charge in [0.05, 0.1) is 22.1 Å². The van der Waals surface area contributed by atoms with E-state index in [-0.39, 0.29) is 5.41 Å². The summed E-state index contributed by atoms with van der Waals surface area (Å²) in [5.74, 6) is 0.661. The van der Waals surface area contributed by atoms with Crippen LogP contribution in [-0.2, 0) is 5.41 Å². The van der Waals surface area contributed by atoms with Gasteiger partial charge in [-0.3, -0.25) is 0 Å². The van der Waals surface area contributed by atoms with Crippen molar-refractivity contribution in [2.75, 3.05) is 0 Å². The van der Waals surface area contributed by atoms with E-state index in [1.54, 1.807) is 0 Å². The number of aromatic nitrogens is 2. The highest BCUT2D eigenvalue weighted by molar-refractivity contribution is 6.12. The van der Waals surface area contributed by atoms with Gasteiger partial charge in [-0.1, -0.05) is 129 Å². The highest BCUT2D eigenvalue weighted by Gasteiger charge is 2.38. The van der Waals surface area contributed by atoms with Gasteiger partial charge < -0.3 is 9.13 Å². The second-order valence-corrected chi connectivity index (χ2v) is 18.3. The number of hydrogen-bond donors (Lipinski definition) is 0. The van der Waals surface area contributed by atoms with Crippen molar-refractivity contribution in [3.63, 3.8) is 0 Å². The molecule has 2 heterocycles. The van der Waals surface area contributed by atoms with E-state index in [2.05, 4.69) is 199 Å². The summed E-state index contributed by atoms with van der Waals surface area (Å²) in [5, 5.41) is 7.75. The number of benzene rings is 7. The molecule has 0 radical (unpaired) electrons. The molecular formula is C59H46N2. The molecule has 0 fully saturated rings. The van der Waals surface area contributed by atoms with E-state index in [0.717, 1.165) is 19.3 Å². The number of hydrogen-bond acceptors (Lipinski definition) is 0. The highest BCUT2D eigenvalue weighted by atomic mass is 15.0. The van der Waals surface area contributed by atoms with Gasteiger partial charge >= 0.3 is 0 Å². The van der Waals surface area contributed by atoms with Crippen molar-refractivity contribution >= 4 is 71.2 Å². The maximum atomic E-state index is 2.55.